The first-order valence-corrected chi connectivity index (χ1v) is 6.64. The Bertz CT molecular complexity index is 901. The third kappa shape index (κ3) is 2.29. The van der Waals surface area contributed by atoms with Gasteiger partial charge in [0.1, 0.15) is 0 Å². The Morgan fingerprint density at radius 2 is 1.86 bits per heavy atom. The largest absolute Gasteiger partial charge is 0.394 e. The van der Waals surface area contributed by atoms with E-state index >= 15 is 0 Å². The number of aliphatic hydroxyl groups excluding tert-OH is 1. The number of aliphatic hydroxyl groups is 1. The summed E-state index contributed by atoms with van der Waals surface area (Å²) in [5.74, 6) is 0.404. The van der Waals surface area contributed by atoms with Crippen LogP contribution >= 0.6 is 0 Å². The maximum absolute atomic E-state index is 12.2. The van der Waals surface area contributed by atoms with Crippen molar-refractivity contribution in [3.05, 3.63) is 51.2 Å². The zero-order chi connectivity index (χ0) is 15.7. The highest BCUT2D eigenvalue weighted by atomic mass is 16.3. The lowest BCUT2D eigenvalue weighted by Crippen LogP contribution is -2.37. The highest BCUT2D eigenvalue weighted by Crippen LogP contribution is 2.18. The first-order chi connectivity index (χ1) is 10.6. The Hall–Kier alpha value is -2.87. The van der Waals surface area contributed by atoms with E-state index < -0.39 is 11.2 Å². The van der Waals surface area contributed by atoms with Gasteiger partial charge in [0.15, 0.2) is 17.3 Å². The molecule has 0 saturated heterocycles. The minimum absolute atomic E-state index is 0.0457. The van der Waals surface area contributed by atoms with Gasteiger partial charge in [-0.2, -0.15) is 10.1 Å². The average Bonchev–Trinajstić information content (AvgIpc) is 2.54. The van der Waals surface area contributed by atoms with Crippen LogP contribution in [0.5, 0.6) is 0 Å². The van der Waals surface area contributed by atoms with Gasteiger partial charge in [0.2, 0.25) is 0 Å². The number of fused-ring (bicyclic) bond motifs is 1. The maximum Gasteiger partial charge on any atom is 0.352 e. The van der Waals surface area contributed by atoms with Gasteiger partial charge in [0.05, 0.1) is 13.2 Å². The van der Waals surface area contributed by atoms with Gasteiger partial charge in [-0.05, 0) is 0 Å². The molecule has 2 aliphatic rings. The predicted molar refractivity (Wildman–Crippen MR) is 78.5 cm³/mol. The molecule has 8 heteroatoms. The summed E-state index contributed by atoms with van der Waals surface area (Å²) in [6.45, 7) is -0.0887. The first kappa shape index (κ1) is 14.1. The number of aromatic nitrogens is 5. The van der Waals surface area contributed by atoms with Crippen molar-refractivity contribution in [1.29, 1.82) is 0 Å². The minimum atomic E-state index is -0.680. The molecule has 0 aromatic heterocycles. The molecule has 1 N–H and O–H groups in total. The fourth-order valence-corrected chi connectivity index (χ4v) is 2.09. The number of hydrogen-bond acceptors (Lipinski definition) is 6. The molecule has 0 bridgehead atoms. The molecule has 1 aromatic carbocycles. The summed E-state index contributed by atoms with van der Waals surface area (Å²) < 4.78 is 2.22. The molecule has 0 spiro atoms. The van der Waals surface area contributed by atoms with Crippen LogP contribution in [-0.4, -0.2) is 36.0 Å². The second-order valence-electron chi connectivity index (χ2n) is 4.68. The van der Waals surface area contributed by atoms with Crippen LogP contribution < -0.4 is 11.2 Å². The summed E-state index contributed by atoms with van der Waals surface area (Å²) in [6, 6.07) is 9.14. The van der Waals surface area contributed by atoms with E-state index in [0.717, 1.165) is 10.1 Å². The van der Waals surface area contributed by atoms with E-state index in [2.05, 4.69) is 15.1 Å². The molecule has 0 fully saturated rings. The van der Waals surface area contributed by atoms with Crippen LogP contribution in [0.15, 0.2) is 39.9 Å². The Kier molecular flexibility index (Phi) is 3.51. The molecule has 0 amide bonds. The van der Waals surface area contributed by atoms with Crippen molar-refractivity contribution in [2.24, 2.45) is 7.05 Å². The summed E-state index contributed by atoms with van der Waals surface area (Å²) in [6.07, 6.45) is 0. The van der Waals surface area contributed by atoms with E-state index in [1.165, 1.54) is 11.7 Å². The standard InChI is InChI=1S/C14H13N5O3/c1-18-13(21)10-12(16-14(18)22)19(7-8-20)17-11(15-10)9-5-3-2-4-6-9/h2-6,20H,7-8H2,1H3. The zero-order valence-electron chi connectivity index (χ0n) is 11.8. The van der Waals surface area contributed by atoms with Crippen LogP contribution in [0.25, 0.3) is 22.9 Å². The Morgan fingerprint density at radius 3 is 2.55 bits per heavy atom. The lowest BCUT2D eigenvalue weighted by atomic mass is 10.2. The number of hydrogen-bond donors (Lipinski definition) is 1. The summed E-state index contributed by atoms with van der Waals surface area (Å²) in [4.78, 5) is 32.0. The average molecular weight is 299 g/mol. The number of benzene rings is 1. The number of rotatable bonds is 3. The minimum Gasteiger partial charge on any atom is -0.394 e. The summed E-state index contributed by atoms with van der Waals surface area (Å²) in [7, 11) is 1.35. The monoisotopic (exact) mass is 299 g/mol. The molecule has 0 atom stereocenters. The SMILES string of the molecule is Cn1c(=O)nc2n(CCO)nc(-c3ccccc3)nc-2c1=O. The highest BCUT2D eigenvalue weighted by Gasteiger charge is 2.20. The van der Waals surface area contributed by atoms with Gasteiger partial charge in [-0.25, -0.2) is 14.5 Å². The van der Waals surface area contributed by atoms with Crippen LogP contribution in [0, 0.1) is 0 Å². The van der Waals surface area contributed by atoms with Crippen LogP contribution in [-0.2, 0) is 13.6 Å². The molecule has 112 valence electrons. The summed E-state index contributed by atoms with van der Waals surface area (Å²) >= 11 is 0. The molecule has 2 heterocycles. The van der Waals surface area contributed by atoms with Gasteiger partial charge in [-0.1, -0.05) is 30.3 Å². The summed E-state index contributed by atoms with van der Waals surface area (Å²) in [5.41, 5.74) is -0.449. The quantitative estimate of drug-likeness (QED) is 0.699. The van der Waals surface area contributed by atoms with Crippen molar-refractivity contribution in [2.45, 2.75) is 6.54 Å². The lowest BCUT2D eigenvalue weighted by molar-refractivity contribution is 0.268. The maximum atomic E-state index is 12.2. The normalized spacial score (nSPS) is 11.0. The molecule has 0 saturated carbocycles. The van der Waals surface area contributed by atoms with Crippen LogP contribution in [0.3, 0.4) is 0 Å². The molecule has 22 heavy (non-hydrogen) atoms. The van der Waals surface area contributed by atoms with E-state index in [-0.39, 0.29) is 24.7 Å². The third-order valence-corrected chi connectivity index (χ3v) is 3.23. The molecule has 0 unspecified atom stereocenters. The fraction of sp³-hybridized carbons (Fsp3) is 0.214. The van der Waals surface area contributed by atoms with Gasteiger partial charge in [0.25, 0.3) is 5.56 Å². The molecular weight excluding hydrogens is 286 g/mol. The second-order valence-corrected chi connectivity index (χ2v) is 4.68. The first-order valence-electron chi connectivity index (χ1n) is 6.64. The smallest absolute Gasteiger partial charge is 0.352 e. The van der Waals surface area contributed by atoms with Crippen LogP contribution in [0.1, 0.15) is 0 Å². The van der Waals surface area contributed by atoms with Gasteiger partial charge in [-0.3, -0.25) is 9.36 Å². The van der Waals surface area contributed by atoms with E-state index in [4.69, 9.17) is 5.11 Å². The van der Waals surface area contributed by atoms with Crippen molar-refractivity contribution in [2.75, 3.05) is 6.61 Å². The fourth-order valence-electron chi connectivity index (χ4n) is 2.09. The molecule has 3 rings (SSSR count). The Labute approximate surface area is 124 Å². The van der Waals surface area contributed by atoms with Crippen molar-refractivity contribution in [1.82, 2.24) is 24.3 Å². The van der Waals surface area contributed by atoms with E-state index in [1.54, 1.807) is 0 Å². The van der Waals surface area contributed by atoms with Crippen LogP contribution in [0.2, 0.25) is 0 Å². The molecular formula is C14H13N5O3. The Morgan fingerprint density at radius 1 is 1.14 bits per heavy atom. The molecule has 0 radical (unpaired) electrons. The van der Waals surface area contributed by atoms with Gasteiger partial charge >= 0.3 is 5.69 Å². The van der Waals surface area contributed by atoms with Crippen molar-refractivity contribution >= 4 is 0 Å². The van der Waals surface area contributed by atoms with Gasteiger partial charge in [-0.15, -0.1) is 0 Å². The lowest BCUT2D eigenvalue weighted by Gasteiger charge is -2.13. The van der Waals surface area contributed by atoms with E-state index in [9.17, 15) is 9.59 Å². The van der Waals surface area contributed by atoms with E-state index in [0.29, 0.717) is 5.82 Å². The van der Waals surface area contributed by atoms with Gasteiger partial charge < -0.3 is 5.11 Å². The van der Waals surface area contributed by atoms with Crippen LogP contribution in [0.4, 0.5) is 0 Å². The topological polar surface area (TPSA) is 103 Å². The van der Waals surface area contributed by atoms with Crippen molar-refractivity contribution in [3.8, 4) is 22.9 Å². The third-order valence-electron chi connectivity index (χ3n) is 3.23. The molecule has 2 aliphatic heterocycles. The molecule has 8 nitrogen and oxygen atoms in total. The van der Waals surface area contributed by atoms with E-state index in [1.807, 2.05) is 30.3 Å². The predicted octanol–water partition coefficient (Wildman–Crippen LogP) is -0.504. The van der Waals surface area contributed by atoms with Gasteiger partial charge in [0, 0.05) is 12.6 Å². The Balaban J connectivity index is 2.36. The molecule has 1 aromatic rings. The van der Waals surface area contributed by atoms with Crippen molar-refractivity contribution < 1.29 is 5.11 Å². The second kappa shape index (κ2) is 5.49. The number of nitrogens with zero attached hydrogens (tertiary/aromatic N) is 5. The highest BCUT2D eigenvalue weighted by molar-refractivity contribution is 5.59. The summed E-state index contributed by atoms with van der Waals surface area (Å²) in [5, 5.41) is 13.4. The molecule has 0 aliphatic carbocycles. The zero-order valence-corrected chi connectivity index (χ0v) is 11.8. The van der Waals surface area contributed by atoms with Crippen molar-refractivity contribution in [3.63, 3.8) is 0 Å².